The number of nitrogens with zero attached hydrogens (tertiary/aromatic N) is 2. The highest BCUT2D eigenvalue weighted by Crippen LogP contribution is 2.18. The molecule has 0 atom stereocenters. The van der Waals surface area contributed by atoms with Crippen molar-refractivity contribution in [3.63, 3.8) is 0 Å². The molecule has 0 spiro atoms. The minimum Gasteiger partial charge on any atom is -0.478 e. The molecule has 0 radical (unpaired) electrons. The molecule has 6 heteroatoms. The minimum absolute atomic E-state index is 0.0392. The largest absolute Gasteiger partial charge is 0.478 e. The molecule has 0 unspecified atom stereocenters. The zero-order chi connectivity index (χ0) is 16.2. The van der Waals surface area contributed by atoms with Crippen LogP contribution in [-0.2, 0) is 17.8 Å². The van der Waals surface area contributed by atoms with Crippen molar-refractivity contribution < 1.29 is 14.7 Å². The number of benzene rings is 1. The standard InChI is InChI=1S/C17H17N3O3/c21-16(19-15-9-18-7-5-14(15)17(22)23)11-20-8-6-12-3-1-2-4-13(12)10-20/h1-5,7,9H,6,8,10-11H2,(H,19,21)(H,22,23). The van der Waals surface area contributed by atoms with Gasteiger partial charge in [0.1, 0.15) is 0 Å². The first-order valence-corrected chi connectivity index (χ1v) is 7.40. The second-order valence-corrected chi connectivity index (χ2v) is 5.50. The van der Waals surface area contributed by atoms with Gasteiger partial charge in [-0.05, 0) is 23.6 Å². The van der Waals surface area contributed by atoms with Crippen LogP contribution >= 0.6 is 0 Å². The first kappa shape index (κ1) is 15.2. The number of fused-ring (bicyclic) bond motifs is 1. The van der Waals surface area contributed by atoms with E-state index in [9.17, 15) is 9.59 Å². The topological polar surface area (TPSA) is 82.5 Å². The molecule has 0 fully saturated rings. The average Bonchev–Trinajstić information content (AvgIpc) is 2.55. The monoisotopic (exact) mass is 311 g/mol. The van der Waals surface area contributed by atoms with E-state index >= 15 is 0 Å². The molecule has 0 aliphatic carbocycles. The molecule has 1 aromatic heterocycles. The van der Waals surface area contributed by atoms with Crippen LogP contribution in [0.3, 0.4) is 0 Å². The Morgan fingerprint density at radius 2 is 2.00 bits per heavy atom. The van der Waals surface area contributed by atoms with Crippen LogP contribution in [0.2, 0.25) is 0 Å². The van der Waals surface area contributed by atoms with Gasteiger partial charge in [-0.3, -0.25) is 14.7 Å². The summed E-state index contributed by atoms with van der Waals surface area (Å²) in [7, 11) is 0. The van der Waals surface area contributed by atoms with E-state index < -0.39 is 5.97 Å². The van der Waals surface area contributed by atoms with Crippen molar-refractivity contribution in [2.45, 2.75) is 13.0 Å². The lowest BCUT2D eigenvalue weighted by Gasteiger charge is -2.28. The normalized spacial score (nSPS) is 14.1. The number of carboxylic acid groups (broad SMARTS) is 1. The fraction of sp³-hybridized carbons (Fsp3) is 0.235. The molecule has 2 heterocycles. The summed E-state index contributed by atoms with van der Waals surface area (Å²) in [6.45, 7) is 1.76. The maximum absolute atomic E-state index is 12.2. The van der Waals surface area contributed by atoms with Crippen molar-refractivity contribution in [3.8, 4) is 0 Å². The van der Waals surface area contributed by atoms with Crippen molar-refractivity contribution in [2.24, 2.45) is 0 Å². The van der Waals surface area contributed by atoms with E-state index in [2.05, 4.69) is 27.3 Å². The number of anilines is 1. The van der Waals surface area contributed by atoms with E-state index in [0.717, 1.165) is 19.5 Å². The number of aromatic carboxylic acids is 1. The first-order chi connectivity index (χ1) is 11.1. The van der Waals surface area contributed by atoms with Crippen LogP contribution in [0.4, 0.5) is 5.69 Å². The number of carbonyl (C=O) groups is 2. The van der Waals surface area contributed by atoms with Crippen LogP contribution in [0.15, 0.2) is 42.7 Å². The lowest BCUT2D eigenvalue weighted by molar-refractivity contribution is -0.117. The van der Waals surface area contributed by atoms with Gasteiger partial charge in [0.2, 0.25) is 5.91 Å². The van der Waals surface area contributed by atoms with E-state index in [0.29, 0.717) is 0 Å². The number of rotatable bonds is 4. The molecule has 0 bridgehead atoms. The molecule has 1 aliphatic heterocycles. The Bertz CT molecular complexity index is 745. The molecule has 0 saturated heterocycles. The molecule has 23 heavy (non-hydrogen) atoms. The van der Waals surface area contributed by atoms with Gasteiger partial charge in [0.05, 0.1) is 24.0 Å². The maximum Gasteiger partial charge on any atom is 0.337 e. The van der Waals surface area contributed by atoms with Crippen LogP contribution in [0.5, 0.6) is 0 Å². The van der Waals surface area contributed by atoms with Gasteiger partial charge in [0, 0.05) is 19.3 Å². The molecule has 118 valence electrons. The predicted octanol–water partition coefficient (Wildman–Crippen LogP) is 1.78. The van der Waals surface area contributed by atoms with Crippen molar-refractivity contribution in [1.29, 1.82) is 0 Å². The lowest BCUT2D eigenvalue weighted by atomic mass is 10.00. The number of carboxylic acids is 1. The van der Waals surface area contributed by atoms with Gasteiger partial charge >= 0.3 is 5.97 Å². The third kappa shape index (κ3) is 3.54. The van der Waals surface area contributed by atoms with Crippen molar-refractivity contribution in [2.75, 3.05) is 18.4 Å². The average molecular weight is 311 g/mol. The summed E-state index contributed by atoms with van der Waals surface area (Å²) in [6.07, 6.45) is 3.66. The number of hydrogen-bond donors (Lipinski definition) is 2. The van der Waals surface area contributed by atoms with Gasteiger partial charge in [0.25, 0.3) is 0 Å². The molecule has 1 aromatic carbocycles. The van der Waals surface area contributed by atoms with Gasteiger partial charge in [0.15, 0.2) is 0 Å². The molecule has 1 amide bonds. The van der Waals surface area contributed by atoms with E-state index in [1.807, 2.05) is 12.1 Å². The Kier molecular flexibility index (Phi) is 4.34. The van der Waals surface area contributed by atoms with E-state index in [-0.39, 0.29) is 23.7 Å². The van der Waals surface area contributed by atoms with E-state index in [1.54, 1.807) is 0 Å². The highest BCUT2D eigenvalue weighted by Gasteiger charge is 2.19. The van der Waals surface area contributed by atoms with Crippen molar-refractivity contribution in [3.05, 3.63) is 59.4 Å². The summed E-state index contributed by atoms with van der Waals surface area (Å²) in [5.41, 5.74) is 2.82. The molecule has 2 aromatic rings. The third-order valence-electron chi connectivity index (χ3n) is 3.90. The summed E-state index contributed by atoms with van der Waals surface area (Å²) in [5.74, 6) is -1.32. The van der Waals surface area contributed by atoms with Gasteiger partial charge in [-0.1, -0.05) is 24.3 Å². The second kappa shape index (κ2) is 6.58. The summed E-state index contributed by atoms with van der Waals surface area (Å²) < 4.78 is 0. The molecule has 1 aliphatic rings. The zero-order valence-corrected chi connectivity index (χ0v) is 12.5. The minimum atomic E-state index is -1.09. The van der Waals surface area contributed by atoms with Crippen LogP contribution in [0.1, 0.15) is 21.5 Å². The number of nitrogens with one attached hydrogen (secondary N) is 1. The van der Waals surface area contributed by atoms with Gasteiger partial charge in [-0.15, -0.1) is 0 Å². The smallest absolute Gasteiger partial charge is 0.337 e. The lowest BCUT2D eigenvalue weighted by Crippen LogP contribution is -2.37. The van der Waals surface area contributed by atoms with Crippen molar-refractivity contribution in [1.82, 2.24) is 9.88 Å². The number of aromatic nitrogens is 1. The molecule has 2 N–H and O–H groups in total. The van der Waals surface area contributed by atoms with Gasteiger partial charge in [-0.2, -0.15) is 0 Å². The Hall–Kier alpha value is -2.73. The fourth-order valence-electron chi connectivity index (χ4n) is 2.76. The molecule has 0 saturated carbocycles. The quantitative estimate of drug-likeness (QED) is 0.899. The summed E-state index contributed by atoms with van der Waals surface area (Å²) >= 11 is 0. The maximum atomic E-state index is 12.2. The zero-order valence-electron chi connectivity index (χ0n) is 12.5. The van der Waals surface area contributed by atoms with Gasteiger partial charge < -0.3 is 10.4 Å². The molecular formula is C17H17N3O3. The van der Waals surface area contributed by atoms with Crippen LogP contribution in [0.25, 0.3) is 0 Å². The van der Waals surface area contributed by atoms with Crippen molar-refractivity contribution >= 4 is 17.6 Å². The third-order valence-corrected chi connectivity index (χ3v) is 3.90. The van der Waals surface area contributed by atoms with E-state index in [4.69, 9.17) is 5.11 Å². The number of amides is 1. The molecule has 3 rings (SSSR count). The Morgan fingerprint density at radius 3 is 2.78 bits per heavy atom. The molecular weight excluding hydrogens is 294 g/mol. The van der Waals surface area contributed by atoms with Crippen LogP contribution < -0.4 is 5.32 Å². The Balaban J connectivity index is 1.64. The summed E-state index contributed by atoms with van der Waals surface area (Å²) in [5, 5.41) is 11.8. The summed E-state index contributed by atoms with van der Waals surface area (Å²) in [4.78, 5) is 29.3. The number of pyridine rings is 1. The summed E-state index contributed by atoms with van der Waals surface area (Å²) in [6, 6.07) is 9.58. The number of hydrogen-bond acceptors (Lipinski definition) is 4. The van der Waals surface area contributed by atoms with Crippen LogP contribution in [-0.4, -0.2) is 40.0 Å². The molecule has 6 nitrogen and oxygen atoms in total. The predicted molar refractivity (Wildman–Crippen MR) is 85.2 cm³/mol. The van der Waals surface area contributed by atoms with Gasteiger partial charge in [-0.25, -0.2) is 4.79 Å². The fourth-order valence-corrected chi connectivity index (χ4v) is 2.76. The highest BCUT2D eigenvalue weighted by atomic mass is 16.4. The highest BCUT2D eigenvalue weighted by molar-refractivity contribution is 6.00. The Morgan fingerprint density at radius 1 is 1.22 bits per heavy atom. The first-order valence-electron chi connectivity index (χ1n) is 7.40. The second-order valence-electron chi connectivity index (χ2n) is 5.50. The number of carbonyl (C=O) groups excluding carboxylic acids is 1. The van der Waals surface area contributed by atoms with E-state index in [1.165, 1.54) is 29.6 Å². The van der Waals surface area contributed by atoms with Crippen LogP contribution in [0, 0.1) is 0 Å². The Labute approximate surface area is 133 Å². The SMILES string of the molecule is O=C(CN1CCc2ccccc2C1)Nc1cnccc1C(=O)O.